The number of carbonyl (C=O) groups is 5. The van der Waals surface area contributed by atoms with Gasteiger partial charge in [-0.3, -0.25) is 24.0 Å². The minimum atomic E-state index is -0.977. The maximum atomic E-state index is 12.2. The Labute approximate surface area is 238 Å². The van der Waals surface area contributed by atoms with Crippen molar-refractivity contribution in [1.82, 2.24) is 16.0 Å². The van der Waals surface area contributed by atoms with Gasteiger partial charge in [-0.1, -0.05) is 86.1 Å². The summed E-state index contributed by atoms with van der Waals surface area (Å²) in [6, 6.07) is -0.726. The third-order valence-corrected chi connectivity index (χ3v) is 4.05. The monoisotopic (exact) mass is 555 g/mol. The molecule has 228 valence electrons. The fraction of sp³-hybridized carbons (Fsp3) is 0.700. The van der Waals surface area contributed by atoms with Crippen LogP contribution < -0.4 is 16.0 Å². The fourth-order valence-electron chi connectivity index (χ4n) is 2.28. The first-order valence-corrected chi connectivity index (χ1v) is 13.8. The van der Waals surface area contributed by atoms with Gasteiger partial charge in [-0.25, -0.2) is 0 Å². The van der Waals surface area contributed by atoms with Gasteiger partial charge in [-0.05, 0) is 39.0 Å². The van der Waals surface area contributed by atoms with E-state index in [1.807, 2.05) is 39.8 Å². The average molecular weight is 556 g/mol. The number of amides is 3. The van der Waals surface area contributed by atoms with Gasteiger partial charge in [0.25, 0.3) is 0 Å². The van der Waals surface area contributed by atoms with E-state index >= 15 is 0 Å². The van der Waals surface area contributed by atoms with E-state index in [0.717, 1.165) is 11.5 Å². The summed E-state index contributed by atoms with van der Waals surface area (Å²) in [7, 11) is 1.17. The van der Waals surface area contributed by atoms with Crippen molar-refractivity contribution in [3.05, 3.63) is 24.3 Å². The standard InChI is InChI=1S/C17H29N3O6.C6H10.C4H10.C3H8/c1-6-14(22)20-12(7-10(2)3)16(24)19-9-15(23)18-8-13(21)11(4)17(25)26-5;1-4-5-6(2)3;1-4(2)3;1-3-2/h10-12H,6-9H2,1-5H3,(H,18,23)(H,19,24)(H,20,22);4-5H,2H2,1,3H3;4H,1-3H3;3H2,1-2H3/b;5-4-;;. The molecule has 3 N–H and O–H groups in total. The first-order chi connectivity index (χ1) is 18.0. The van der Waals surface area contributed by atoms with Gasteiger partial charge in [0, 0.05) is 6.42 Å². The number of carbonyl (C=O) groups excluding carboxylic acids is 5. The minimum absolute atomic E-state index is 0.175. The van der Waals surface area contributed by atoms with Gasteiger partial charge in [0.05, 0.1) is 20.2 Å². The number of rotatable bonds is 12. The van der Waals surface area contributed by atoms with Gasteiger partial charge in [0.1, 0.15) is 12.0 Å². The minimum Gasteiger partial charge on any atom is -0.468 e. The molecule has 0 fully saturated rings. The molecule has 0 saturated heterocycles. The third-order valence-electron chi connectivity index (χ3n) is 4.05. The van der Waals surface area contributed by atoms with Gasteiger partial charge >= 0.3 is 5.97 Å². The van der Waals surface area contributed by atoms with Gasteiger partial charge in [0.2, 0.25) is 17.7 Å². The predicted molar refractivity (Wildman–Crippen MR) is 160 cm³/mol. The highest BCUT2D eigenvalue weighted by molar-refractivity contribution is 6.01. The van der Waals surface area contributed by atoms with Crippen molar-refractivity contribution < 1.29 is 28.7 Å². The Morgan fingerprint density at radius 2 is 1.36 bits per heavy atom. The van der Waals surface area contributed by atoms with Gasteiger partial charge in [-0.15, -0.1) is 0 Å². The summed E-state index contributed by atoms with van der Waals surface area (Å²) in [6.07, 6.45) is 5.89. The second-order valence-corrected chi connectivity index (χ2v) is 10.1. The molecule has 9 nitrogen and oxygen atoms in total. The highest BCUT2D eigenvalue weighted by Gasteiger charge is 2.23. The molecule has 0 aromatic carbocycles. The van der Waals surface area contributed by atoms with Crippen molar-refractivity contribution in [3.63, 3.8) is 0 Å². The average Bonchev–Trinajstić information content (AvgIpc) is 2.84. The van der Waals surface area contributed by atoms with E-state index in [1.165, 1.54) is 20.5 Å². The number of ketones is 1. The van der Waals surface area contributed by atoms with Crippen LogP contribution in [-0.2, 0) is 28.7 Å². The number of hydrogen-bond acceptors (Lipinski definition) is 6. The van der Waals surface area contributed by atoms with Crippen LogP contribution in [0.5, 0.6) is 0 Å². The summed E-state index contributed by atoms with van der Waals surface area (Å²) >= 11 is 0. The lowest BCUT2D eigenvalue weighted by Crippen LogP contribution is -2.49. The Kier molecular flexibility index (Phi) is 31.0. The lowest BCUT2D eigenvalue weighted by Gasteiger charge is -2.19. The molecular formula is C30H57N3O6. The van der Waals surface area contributed by atoms with Crippen LogP contribution in [0.15, 0.2) is 24.3 Å². The number of nitrogens with one attached hydrogen (secondary N) is 3. The lowest BCUT2D eigenvalue weighted by molar-refractivity contribution is -0.148. The number of hydrogen-bond donors (Lipinski definition) is 3. The summed E-state index contributed by atoms with van der Waals surface area (Å²) in [5.74, 6) is -2.44. The van der Waals surface area contributed by atoms with Crippen molar-refractivity contribution in [3.8, 4) is 0 Å². The molecular weight excluding hydrogens is 498 g/mol. The highest BCUT2D eigenvalue weighted by atomic mass is 16.5. The summed E-state index contributed by atoms with van der Waals surface area (Å²) in [5.41, 5.74) is 1.11. The van der Waals surface area contributed by atoms with E-state index in [0.29, 0.717) is 6.42 Å². The van der Waals surface area contributed by atoms with Crippen LogP contribution in [0.25, 0.3) is 0 Å². The Morgan fingerprint density at radius 3 is 1.69 bits per heavy atom. The number of methoxy groups -OCH3 is 1. The van der Waals surface area contributed by atoms with Crippen molar-refractivity contribution in [2.45, 2.75) is 101 Å². The van der Waals surface area contributed by atoms with Crippen LogP contribution in [0.3, 0.4) is 0 Å². The Hall–Kier alpha value is -2.97. The lowest BCUT2D eigenvalue weighted by atomic mass is 10.0. The van der Waals surface area contributed by atoms with E-state index < -0.39 is 35.5 Å². The number of ether oxygens (including phenoxy) is 1. The third kappa shape index (κ3) is 33.0. The molecule has 9 heteroatoms. The molecule has 0 aromatic rings. The molecule has 0 aliphatic heterocycles. The van der Waals surface area contributed by atoms with E-state index in [4.69, 9.17) is 0 Å². The number of esters is 1. The Morgan fingerprint density at radius 1 is 0.872 bits per heavy atom. The van der Waals surface area contributed by atoms with E-state index in [2.05, 4.69) is 61.9 Å². The van der Waals surface area contributed by atoms with Gasteiger partial charge in [0.15, 0.2) is 5.78 Å². The van der Waals surface area contributed by atoms with Crippen LogP contribution in [-0.4, -0.2) is 55.7 Å². The maximum absolute atomic E-state index is 12.2. The molecule has 0 aromatic heterocycles. The molecule has 0 rings (SSSR count). The van der Waals surface area contributed by atoms with Crippen LogP contribution in [0.2, 0.25) is 0 Å². The normalized spacial score (nSPS) is 11.3. The summed E-state index contributed by atoms with van der Waals surface area (Å²) in [4.78, 5) is 58.4. The highest BCUT2D eigenvalue weighted by Crippen LogP contribution is 2.05. The molecule has 0 spiro atoms. The fourth-order valence-corrected chi connectivity index (χ4v) is 2.28. The number of allylic oxidation sites excluding steroid dienone is 3. The Bertz CT molecular complexity index is 742. The van der Waals surface area contributed by atoms with Crippen LogP contribution in [0.1, 0.15) is 95.4 Å². The molecule has 3 amide bonds. The van der Waals surface area contributed by atoms with Crippen LogP contribution in [0, 0.1) is 17.8 Å². The predicted octanol–water partition coefficient (Wildman–Crippen LogP) is 4.76. The quantitative estimate of drug-likeness (QED) is 0.181. The molecule has 0 aliphatic rings. The summed E-state index contributed by atoms with van der Waals surface area (Å²) in [5, 5.41) is 7.38. The molecule has 0 saturated carbocycles. The van der Waals surface area contributed by atoms with E-state index in [1.54, 1.807) is 6.92 Å². The second-order valence-electron chi connectivity index (χ2n) is 10.1. The van der Waals surface area contributed by atoms with E-state index in [-0.39, 0.29) is 31.3 Å². The van der Waals surface area contributed by atoms with E-state index in [9.17, 15) is 24.0 Å². The largest absolute Gasteiger partial charge is 0.468 e. The zero-order chi connectivity index (χ0) is 31.6. The maximum Gasteiger partial charge on any atom is 0.315 e. The topological polar surface area (TPSA) is 131 Å². The molecule has 39 heavy (non-hydrogen) atoms. The molecule has 0 bridgehead atoms. The first-order valence-electron chi connectivity index (χ1n) is 13.8. The molecule has 2 atom stereocenters. The summed E-state index contributed by atoms with van der Waals surface area (Å²) in [6.45, 7) is 24.6. The zero-order valence-corrected chi connectivity index (χ0v) is 26.7. The molecule has 0 aliphatic carbocycles. The van der Waals surface area contributed by atoms with Crippen molar-refractivity contribution in [2.24, 2.45) is 17.8 Å². The van der Waals surface area contributed by atoms with Crippen molar-refractivity contribution >= 4 is 29.5 Å². The Balaban J connectivity index is -0.000000388. The van der Waals surface area contributed by atoms with Gasteiger partial charge in [-0.2, -0.15) is 0 Å². The summed E-state index contributed by atoms with van der Waals surface area (Å²) < 4.78 is 4.45. The zero-order valence-electron chi connectivity index (χ0n) is 26.7. The molecule has 0 heterocycles. The SMILES string of the molecule is C=C(C)/C=C\C.CC(C)C.CCC.CCC(=O)NC(CC(C)C)C(=O)NCC(=O)NCC(=O)C(C)C(=O)OC. The van der Waals surface area contributed by atoms with Crippen molar-refractivity contribution in [1.29, 1.82) is 0 Å². The van der Waals surface area contributed by atoms with Crippen LogP contribution >= 0.6 is 0 Å². The van der Waals surface area contributed by atoms with Gasteiger partial charge < -0.3 is 20.7 Å². The van der Waals surface area contributed by atoms with Crippen LogP contribution in [0.4, 0.5) is 0 Å². The molecule has 0 radical (unpaired) electrons. The van der Waals surface area contributed by atoms with Crippen molar-refractivity contribution in [2.75, 3.05) is 20.2 Å². The second kappa shape index (κ2) is 28.0. The molecule has 2 unspecified atom stereocenters. The number of Topliss-reactive ketones (excluding diaryl/α,β-unsaturated/α-hetero) is 1. The first kappa shape index (κ1) is 43.1. The smallest absolute Gasteiger partial charge is 0.315 e.